The van der Waals surface area contributed by atoms with Gasteiger partial charge in [0.1, 0.15) is 36.6 Å². The van der Waals surface area contributed by atoms with E-state index in [-0.39, 0.29) is 26.5 Å². The van der Waals surface area contributed by atoms with Crippen molar-refractivity contribution in [3.8, 4) is 0 Å². The van der Waals surface area contributed by atoms with Crippen molar-refractivity contribution in [3.05, 3.63) is 50.5 Å². The Bertz CT molecular complexity index is 2000. The van der Waals surface area contributed by atoms with Crippen LogP contribution in [0, 0.1) is 0 Å². The van der Waals surface area contributed by atoms with Gasteiger partial charge >= 0.3 is 13.5 Å². The fourth-order valence-electron chi connectivity index (χ4n) is 5.45. The van der Waals surface area contributed by atoms with Crippen molar-refractivity contribution in [2.75, 3.05) is 13.2 Å². The standard InChI is InChI=1S/C22H21Cl3N6O11P2S2/c23-7-1-9-10(2-8(7)24)31(22(25)29-9)20-15(33)16-12(40-20)4-38-44(36,46)42-17-14(32)11(3-37-43(35,45)41-16)39-21(17)30-6-28-13-18(30)26-5-27-19(13)34/h1-2,5-6,11-12,14-17,20-21,32-33H,3-4H2,(H,35,45)(H,36,46)(H,26,27,34)/t11-,12-,14?,15?,16+,17+,20-,21-,43?,44?/m1/s1. The molecular formula is C22H21Cl3N6O11P2S2. The third kappa shape index (κ3) is 5.98. The van der Waals surface area contributed by atoms with Crippen LogP contribution in [0.5, 0.6) is 0 Å². The number of imidazole rings is 2. The number of hydrogen-bond acceptors (Lipinski definition) is 14. The van der Waals surface area contributed by atoms with Crippen LogP contribution in [-0.4, -0.2) is 94.0 Å². The molecular weight excluding hydrogens is 757 g/mol. The summed E-state index contributed by atoms with van der Waals surface area (Å²) in [6.07, 6.45) is -8.71. The van der Waals surface area contributed by atoms with Crippen LogP contribution in [0.15, 0.2) is 29.6 Å². The number of aromatic amines is 1. The second kappa shape index (κ2) is 12.3. The summed E-state index contributed by atoms with van der Waals surface area (Å²) in [7, 11) is 0. The average molecular weight is 778 g/mol. The summed E-state index contributed by atoms with van der Waals surface area (Å²) < 4.78 is 50.7. The van der Waals surface area contributed by atoms with E-state index < -0.39 is 81.4 Å². The van der Waals surface area contributed by atoms with Crippen molar-refractivity contribution in [2.45, 2.75) is 49.1 Å². The number of nitrogens with one attached hydrogen (secondary N) is 1. The molecule has 6 heterocycles. The zero-order valence-corrected chi connectivity index (χ0v) is 28.3. The largest absolute Gasteiger partial charge is 0.387 e. The quantitative estimate of drug-likeness (QED) is 0.146. The van der Waals surface area contributed by atoms with Crippen LogP contribution >= 0.6 is 60.6 Å². The minimum Gasteiger partial charge on any atom is -0.387 e. The average Bonchev–Trinajstić information content (AvgIpc) is 3.71. The van der Waals surface area contributed by atoms with E-state index in [1.807, 2.05) is 0 Å². The van der Waals surface area contributed by atoms with Gasteiger partial charge in [0.25, 0.3) is 5.56 Å². The summed E-state index contributed by atoms with van der Waals surface area (Å²) in [5.41, 5.74) is 0.184. The molecule has 0 radical (unpaired) electrons. The first-order valence-electron chi connectivity index (χ1n) is 13.1. The molecule has 3 aliphatic heterocycles. The van der Waals surface area contributed by atoms with Gasteiger partial charge in [-0.05, 0) is 35.5 Å². The van der Waals surface area contributed by atoms with Gasteiger partial charge < -0.3 is 34.1 Å². The van der Waals surface area contributed by atoms with E-state index >= 15 is 0 Å². The third-order valence-electron chi connectivity index (χ3n) is 7.52. The van der Waals surface area contributed by atoms with Gasteiger partial charge in [0.2, 0.25) is 5.28 Å². The highest BCUT2D eigenvalue weighted by molar-refractivity contribution is 8.44. The predicted molar refractivity (Wildman–Crippen MR) is 167 cm³/mol. The first-order valence-corrected chi connectivity index (χ1v) is 19.6. The Hall–Kier alpha value is -1.22. The van der Waals surface area contributed by atoms with E-state index in [0.717, 1.165) is 6.33 Å². The smallest absolute Gasteiger partial charge is 0.386 e. The molecule has 0 spiro atoms. The first-order chi connectivity index (χ1) is 21.7. The van der Waals surface area contributed by atoms with Gasteiger partial charge in [-0.2, -0.15) is 0 Å². The van der Waals surface area contributed by atoms with Crippen molar-refractivity contribution in [1.29, 1.82) is 0 Å². The maximum absolute atomic E-state index is 13.6. The summed E-state index contributed by atoms with van der Waals surface area (Å²) in [5, 5.41) is 22.8. The highest BCUT2D eigenvalue weighted by atomic mass is 35.5. The van der Waals surface area contributed by atoms with Crippen LogP contribution in [0.2, 0.25) is 15.3 Å². The number of aliphatic hydroxyl groups is 2. The number of aromatic nitrogens is 6. The Labute approximate surface area is 282 Å². The fourth-order valence-corrected chi connectivity index (χ4v) is 8.94. The van der Waals surface area contributed by atoms with Gasteiger partial charge in [-0.1, -0.05) is 35.5 Å². The van der Waals surface area contributed by atoms with Gasteiger partial charge in [-0.3, -0.25) is 27.5 Å². The number of H-pyrrole nitrogens is 1. The second-order valence-electron chi connectivity index (χ2n) is 10.3. The molecule has 0 saturated carbocycles. The van der Waals surface area contributed by atoms with Gasteiger partial charge in [0, 0.05) is 0 Å². The molecule has 46 heavy (non-hydrogen) atoms. The van der Waals surface area contributed by atoms with Gasteiger partial charge in [0.15, 0.2) is 23.6 Å². The number of thiol groups is 1. The van der Waals surface area contributed by atoms with E-state index in [9.17, 15) is 24.5 Å². The first kappa shape index (κ1) is 33.3. The highest BCUT2D eigenvalue weighted by Crippen LogP contribution is 2.58. The molecule has 4 N–H and O–H groups in total. The van der Waals surface area contributed by atoms with Crippen LogP contribution in [0.25, 0.3) is 22.2 Å². The van der Waals surface area contributed by atoms with Crippen LogP contribution in [-0.2, 0) is 43.9 Å². The zero-order valence-electron chi connectivity index (χ0n) is 22.6. The molecule has 4 aromatic rings. The lowest BCUT2D eigenvalue weighted by Gasteiger charge is -2.27. The summed E-state index contributed by atoms with van der Waals surface area (Å²) in [6, 6.07) is 2.95. The lowest BCUT2D eigenvalue weighted by molar-refractivity contribution is -0.0587. The molecule has 10 atom stereocenters. The number of benzene rings is 1. The molecule has 3 aliphatic rings. The van der Waals surface area contributed by atoms with E-state index in [2.05, 4.69) is 32.2 Å². The normalized spacial score (nSPS) is 37.2. The number of hydrogen-bond donors (Lipinski definition) is 5. The van der Waals surface area contributed by atoms with E-state index in [1.54, 1.807) is 0 Å². The SMILES string of the molecule is O=c1[nH]cnc2c1ncn2[C@@H]1O[C@@H]2COP(O)(=S)O[C@@H]3C(O)[C@H](n4c(Cl)nc5cc(Cl)c(Cl)cc54)O[C@@H]3COP(=O)(S)O[C@H]1C2O. The lowest BCUT2D eigenvalue weighted by atomic mass is 10.1. The minimum absolute atomic E-state index is 0.0355. The van der Waals surface area contributed by atoms with Crippen LogP contribution in [0.1, 0.15) is 12.5 Å². The molecule has 248 valence electrons. The van der Waals surface area contributed by atoms with Crippen molar-refractivity contribution in [1.82, 2.24) is 29.1 Å². The molecule has 1 aromatic carbocycles. The van der Waals surface area contributed by atoms with Crippen molar-refractivity contribution in [2.24, 2.45) is 0 Å². The maximum atomic E-state index is 13.6. The Balaban J connectivity index is 1.21. The van der Waals surface area contributed by atoms with Crippen molar-refractivity contribution >= 4 is 94.6 Å². The minimum atomic E-state index is -4.37. The van der Waals surface area contributed by atoms with Crippen LogP contribution in [0.3, 0.4) is 0 Å². The third-order valence-corrected chi connectivity index (χ3v) is 11.7. The lowest BCUT2D eigenvalue weighted by Crippen LogP contribution is -2.36. The van der Waals surface area contributed by atoms with E-state index in [0.29, 0.717) is 11.0 Å². The fraction of sp³-hybridized carbons (Fsp3) is 0.455. The van der Waals surface area contributed by atoms with Crippen LogP contribution < -0.4 is 5.56 Å². The Morgan fingerprint density at radius 1 is 1.00 bits per heavy atom. The monoisotopic (exact) mass is 776 g/mol. The summed E-state index contributed by atoms with van der Waals surface area (Å²) in [6.45, 7) is -9.71. The Morgan fingerprint density at radius 2 is 1.72 bits per heavy atom. The van der Waals surface area contributed by atoms with Gasteiger partial charge in [0.05, 0.1) is 46.9 Å². The number of fused-ring (bicyclic) bond motifs is 5. The molecule has 7 rings (SSSR count). The molecule has 17 nitrogen and oxygen atoms in total. The Kier molecular flexibility index (Phi) is 8.88. The number of halogens is 3. The molecule has 3 aromatic heterocycles. The molecule has 0 amide bonds. The molecule has 0 aliphatic carbocycles. The van der Waals surface area contributed by atoms with Crippen molar-refractivity contribution in [3.63, 3.8) is 0 Å². The Morgan fingerprint density at radius 3 is 2.50 bits per heavy atom. The number of rotatable bonds is 2. The molecule has 24 heteroatoms. The van der Waals surface area contributed by atoms with E-state index in [4.69, 9.17) is 74.2 Å². The molecule has 3 fully saturated rings. The summed E-state index contributed by atoms with van der Waals surface area (Å²) >= 11 is 28.1. The van der Waals surface area contributed by atoms with Crippen molar-refractivity contribution < 1.29 is 47.2 Å². The zero-order chi connectivity index (χ0) is 32.7. The number of ether oxygens (including phenoxy) is 2. The van der Waals surface area contributed by atoms with Gasteiger partial charge in [-0.25, -0.2) is 19.5 Å². The predicted octanol–water partition coefficient (Wildman–Crippen LogP) is 2.72. The second-order valence-corrected chi connectivity index (χ2v) is 17.2. The highest BCUT2D eigenvalue weighted by Gasteiger charge is 2.53. The summed E-state index contributed by atoms with van der Waals surface area (Å²) in [4.78, 5) is 38.0. The molecule has 4 unspecified atom stereocenters. The van der Waals surface area contributed by atoms with Gasteiger partial charge in [-0.15, -0.1) is 0 Å². The van der Waals surface area contributed by atoms with E-state index in [1.165, 1.54) is 27.6 Å². The topological polar surface area (TPSA) is 215 Å². The number of nitrogens with zero attached hydrogens (tertiary/aromatic N) is 5. The number of aliphatic hydroxyl groups excluding tert-OH is 2. The summed E-state index contributed by atoms with van der Waals surface area (Å²) in [5.74, 6) is 0. The molecule has 2 bridgehead atoms. The van der Waals surface area contributed by atoms with Crippen LogP contribution in [0.4, 0.5) is 0 Å². The maximum Gasteiger partial charge on any atom is 0.386 e. The molecule has 3 saturated heterocycles.